The second-order valence-corrected chi connectivity index (χ2v) is 5.89. The van der Waals surface area contributed by atoms with Crippen molar-refractivity contribution in [3.05, 3.63) is 48.3 Å². The summed E-state index contributed by atoms with van der Waals surface area (Å²) in [4.78, 5) is 13.6. The molecule has 0 spiro atoms. The Labute approximate surface area is 145 Å². The third-order valence-corrected chi connectivity index (χ3v) is 3.89. The van der Waals surface area contributed by atoms with Crippen molar-refractivity contribution in [2.24, 2.45) is 7.05 Å². The number of carbonyl (C=O) groups is 1. The number of amides is 1. The number of tetrazole rings is 1. The first kappa shape index (κ1) is 16.8. The van der Waals surface area contributed by atoms with E-state index in [-0.39, 0.29) is 5.91 Å². The van der Waals surface area contributed by atoms with Crippen molar-refractivity contribution >= 4 is 5.91 Å². The van der Waals surface area contributed by atoms with Crippen LogP contribution in [0, 0.1) is 0 Å². The highest BCUT2D eigenvalue weighted by Crippen LogP contribution is 2.13. The lowest BCUT2D eigenvalue weighted by atomic mass is 10.2. The zero-order valence-electron chi connectivity index (χ0n) is 14.3. The van der Waals surface area contributed by atoms with Gasteiger partial charge in [-0.3, -0.25) is 9.48 Å². The molecule has 0 bridgehead atoms. The van der Waals surface area contributed by atoms with Crippen LogP contribution in [0.1, 0.15) is 24.9 Å². The summed E-state index contributed by atoms with van der Waals surface area (Å²) in [5, 5.41) is 19.4. The van der Waals surface area contributed by atoms with Crippen molar-refractivity contribution in [2.75, 3.05) is 6.54 Å². The molecule has 0 saturated carbocycles. The molecule has 0 aliphatic rings. The predicted octanol–water partition coefficient (Wildman–Crippen LogP) is 1.38. The molecule has 1 amide bonds. The van der Waals surface area contributed by atoms with Gasteiger partial charge in [-0.25, -0.2) is 0 Å². The van der Waals surface area contributed by atoms with Crippen LogP contribution in [0.2, 0.25) is 0 Å². The molecule has 130 valence electrons. The van der Waals surface area contributed by atoms with Gasteiger partial charge in [0.1, 0.15) is 6.04 Å². The van der Waals surface area contributed by atoms with Gasteiger partial charge in [-0.2, -0.15) is 9.90 Å². The van der Waals surface area contributed by atoms with Crippen LogP contribution in [0.25, 0.3) is 11.4 Å². The second-order valence-electron chi connectivity index (χ2n) is 5.89. The van der Waals surface area contributed by atoms with Crippen LogP contribution in [0.4, 0.5) is 0 Å². The lowest BCUT2D eigenvalue weighted by Crippen LogP contribution is -2.32. The summed E-state index contributed by atoms with van der Waals surface area (Å²) >= 11 is 0. The summed E-state index contributed by atoms with van der Waals surface area (Å²) in [5.74, 6) is 0.389. The summed E-state index contributed by atoms with van der Waals surface area (Å²) in [6.45, 7) is 2.35. The summed E-state index contributed by atoms with van der Waals surface area (Å²) in [5.41, 5.74) is 2.04. The summed E-state index contributed by atoms with van der Waals surface area (Å²) in [6, 6.07) is 9.05. The fourth-order valence-electron chi connectivity index (χ4n) is 2.45. The number of aryl methyl sites for hydroxylation is 2. The van der Waals surface area contributed by atoms with E-state index >= 15 is 0 Å². The number of rotatable bonds is 7. The minimum Gasteiger partial charge on any atom is -0.354 e. The molecule has 1 atom stereocenters. The van der Waals surface area contributed by atoms with E-state index < -0.39 is 6.04 Å². The lowest BCUT2D eigenvalue weighted by Gasteiger charge is -2.10. The first-order valence-electron chi connectivity index (χ1n) is 8.23. The second kappa shape index (κ2) is 7.69. The van der Waals surface area contributed by atoms with Gasteiger partial charge in [-0.05, 0) is 30.5 Å². The monoisotopic (exact) mass is 339 g/mol. The fourth-order valence-corrected chi connectivity index (χ4v) is 2.45. The minimum absolute atomic E-state index is 0.122. The number of aromatic nitrogens is 6. The van der Waals surface area contributed by atoms with Crippen LogP contribution >= 0.6 is 0 Å². The topological polar surface area (TPSA) is 90.5 Å². The van der Waals surface area contributed by atoms with Gasteiger partial charge in [0.25, 0.3) is 0 Å². The van der Waals surface area contributed by atoms with Crippen molar-refractivity contribution in [1.82, 2.24) is 35.3 Å². The molecule has 2 heterocycles. The van der Waals surface area contributed by atoms with Crippen LogP contribution in [-0.4, -0.2) is 42.4 Å². The van der Waals surface area contributed by atoms with E-state index in [0.717, 1.165) is 24.0 Å². The van der Waals surface area contributed by atoms with E-state index in [0.29, 0.717) is 12.4 Å². The molecule has 0 radical (unpaired) electrons. The number of carbonyl (C=O) groups excluding carboxylic acids is 1. The maximum atomic E-state index is 12.2. The average molecular weight is 339 g/mol. The molecule has 1 N–H and O–H groups in total. The molecule has 0 unspecified atom stereocenters. The fraction of sp³-hybridized carbons (Fsp3) is 0.353. The van der Waals surface area contributed by atoms with Crippen molar-refractivity contribution in [3.63, 3.8) is 0 Å². The summed E-state index contributed by atoms with van der Waals surface area (Å²) in [7, 11) is 1.89. The largest absolute Gasteiger partial charge is 0.354 e. The Morgan fingerprint density at radius 3 is 2.80 bits per heavy atom. The standard InChI is InChI=1S/C17H21N7O/c1-13(17(25)18-10-6-7-14-11-19-23(2)12-14)24-21-16(20-22-24)15-8-4-3-5-9-15/h3-5,8-9,11-13H,6-7,10H2,1-2H3,(H,18,25)/t13-/m0/s1. The zero-order chi connectivity index (χ0) is 17.6. The van der Waals surface area contributed by atoms with Crippen molar-refractivity contribution < 1.29 is 4.79 Å². The van der Waals surface area contributed by atoms with Gasteiger partial charge in [-0.1, -0.05) is 30.3 Å². The van der Waals surface area contributed by atoms with E-state index in [4.69, 9.17) is 0 Å². The molecule has 0 aliphatic heterocycles. The van der Waals surface area contributed by atoms with Crippen molar-refractivity contribution in [3.8, 4) is 11.4 Å². The van der Waals surface area contributed by atoms with E-state index in [1.54, 1.807) is 11.6 Å². The van der Waals surface area contributed by atoms with E-state index in [2.05, 4.69) is 25.8 Å². The predicted molar refractivity (Wildman–Crippen MR) is 92.5 cm³/mol. The van der Waals surface area contributed by atoms with Crippen molar-refractivity contribution in [1.29, 1.82) is 0 Å². The Kier molecular flexibility index (Phi) is 5.17. The molecule has 3 rings (SSSR count). The van der Waals surface area contributed by atoms with Gasteiger partial charge in [0, 0.05) is 25.4 Å². The van der Waals surface area contributed by atoms with Gasteiger partial charge >= 0.3 is 0 Å². The Balaban J connectivity index is 1.49. The molecule has 8 heteroatoms. The quantitative estimate of drug-likeness (QED) is 0.657. The van der Waals surface area contributed by atoms with Crippen LogP contribution in [0.15, 0.2) is 42.7 Å². The molecular weight excluding hydrogens is 318 g/mol. The zero-order valence-corrected chi connectivity index (χ0v) is 14.3. The first-order valence-corrected chi connectivity index (χ1v) is 8.23. The number of hydrogen-bond donors (Lipinski definition) is 1. The molecule has 3 aromatic rings. The molecule has 2 aromatic heterocycles. The van der Waals surface area contributed by atoms with Crippen LogP contribution < -0.4 is 5.32 Å². The maximum absolute atomic E-state index is 12.2. The molecule has 0 aliphatic carbocycles. The number of nitrogens with zero attached hydrogens (tertiary/aromatic N) is 6. The van der Waals surface area contributed by atoms with E-state index in [9.17, 15) is 4.79 Å². The Bertz CT molecular complexity index is 824. The Hall–Kier alpha value is -3.03. The smallest absolute Gasteiger partial charge is 0.246 e. The Morgan fingerprint density at radius 2 is 2.08 bits per heavy atom. The normalized spacial score (nSPS) is 12.1. The van der Waals surface area contributed by atoms with E-state index in [1.165, 1.54) is 4.80 Å². The Morgan fingerprint density at radius 1 is 1.28 bits per heavy atom. The van der Waals surface area contributed by atoms with Crippen LogP contribution in [0.3, 0.4) is 0 Å². The summed E-state index contributed by atoms with van der Waals surface area (Å²) < 4.78 is 1.77. The van der Waals surface area contributed by atoms with Crippen molar-refractivity contribution in [2.45, 2.75) is 25.8 Å². The average Bonchev–Trinajstić information content (AvgIpc) is 3.28. The first-order chi connectivity index (χ1) is 12.1. The maximum Gasteiger partial charge on any atom is 0.246 e. The van der Waals surface area contributed by atoms with E-state index in [1.807, 2.05) is 49.8 Å². The van der Waals surface area contributed by atoms with Gasteiger partial charge < -0.3 is 5.32 Å². The number of hydrogen-bond acceptors (Lipinski definition) is 5. The van der Waals surface area contributed by atoms with Gasteiger partial charge in [0.15, 0.2) is 0 Å². The number of benzene rings is 1. The third-order valence-electron chi connectivity index (χ3n) is 3.89. The highest BCUT2D eigenvalue weighted by molar-refractivity contribution is 5.79. The number of nitrogens with one attached hydrogen (secondary N) is 1. The lowest BCUT2D eigenvalue weighted by molar-refractivity contribution is -0.124. The van der Waals surface area contributed by atoms with Crippen LogP contribution in [0.5, 0.6) is 0 Å². The SMILES string of the molecule is C[C@@H](C(=O)NCCCc1cnn(C)c1)n1nnc(-c2ccccc2)n1. The van der Waals surface area contributed by atoms with Gasteiger partial charge in [0.05, 0.1) is 6.20 Å². The molecule has 1 aromatic carbocycles. The van der Waals surface area contributed by atoms with Gasteiger partial charge in [-0.15, -0.1) is 10.2 Å². The third kappa shape index (κ3) is 4.28. The highest BCUT2D eigenvalue weighted by atomic mass is 16.2. The molecular formula is C17H21N7O. The van der Waals surface area contributed by atoms with Crippen LogP contribution in [-0.2, 0) is 18.3 Å². The molecule has 8 nitrogen and oxygen atoms in total. The molecule has 25 heavy (non-hydrogen) atoms. The molecule has 0 saturated heterocycles. The summed E-state index contributed by atoms with van der Waals surface area (Å²) in [6.07, 6.45) is 5.55. The highest BCUT2D eigenvalue weighted by Gasteiger charge is 2.18. The minimum atomic E-state index is -0.511. The molecule has 0 fully saturated rings. The van der Waals surface area contributed by atoms with Gasteiger partial charge in [0.2, 0.25) is 11.7 Å².